The second-order valence-corrected chi connectivity index (χ2v) is 3.95. The molecule has 0 bridgehead atoms. The molecule has 1 fully saturated rings. The van der Waals surface area contributed by atoms with E-state index in [1.54, 1.807) is 0 Å². The fourth-order valence-electron chi connectivity index (χ4n) is 1.70. The van der Waals surface area contributed by atoms with Gasteiger partial charge in [-0.05, 0) is 0 Å². The average Bonchev–Trinajstić information content (AvgIpc) is 2.26. The Bertz CT molecular complexity index is 249. The predicted molar refractivity (Wildman–Crippen MR) is 59.0 cm³/mol. The number of nitrogens with zero attached hydrogens (tertiary/aromatic N) is 2. The molecule has 0 aliphatic carbocycles. The van der Waals surface area contributed by atoms with Gasteiger partial charge in [0.05, 0.1) is 26.3 Å². The molecular weight excluding hydrogens is 228 g/mol. The van der Waals surface area contributed by atoms with Crippen LogP contribution in [-0.2, 0) is 14.3 Å². The van der Waals surface area contributed by atoms with Gasteiger partial charge in [-0.25, -0.2) is 0 Å². The van der Waals surface area contributed by atoms with Crippen molar-refractivity contribution in [1.82, 2.24) is 9.80 Å². The Balaban J connectivity index is 2.31. The average molecular weight is 246 g/mol. The zero-order chi connectivity index (χ0) is 12.7. The molecule has 1 aliphatic heterocycles. The number of ether oxygens (including phenoxy) is 1. The van der Waals surface area contributed by atoms with Crippen LogP contribution in [0.3, 0.4) is 0 Å². The lowest BCUT2D eigenvalue weighted by atomic mass is 10.3. The van der Waals surface area contributed by atoms with E-state index in [1.807, 2.05) is 0 Å². The molecule has 1 saturated heterocycles. The predicted octanol–water partition coefficient (Wildman–Crippen LogP) is -1.21. The van der Waals surface area contributed by atoms with Crippen LogP contribution in [0.1, 0.15) is 0 Å². The van der Waals surface area contributed by atoms with Gasteiger partial charge in [0.25, 0.3) is 0 Å². The molecule has 1 aliphatic rings. The molecule has 0 atom stereocenters. The Labute approximate surface area is 99.6 Å². The summed E-state index contributed by atoms with van der Waals surface area (Å²) in [5, 5.41) is 17.3. The number of hydrogen-bond acceptors (Lipinski definition) is 5. The van der Waals surface area contributed by atoms with Crippen LogP contribution in [0.5, 0.6) is 0 Å². The molecule has 1 rings (SSSR count). The monoisotopic (exact) mass is 246 g/mol. The van der Waals surface area contributed by atoms with Crippen molar-refractivity contribution in [2.45, 2.75) is 0 Å². The minimum absolute atomic E-state index is 0.239. The minimum Gasteiger partial charge on any atom is -0.480 e. The van der Waals surface area contributed by atoms with Gasteiger partial charge in [-0.2, -0.15) is 0 Å². The summed E-state index contributed by atoms with van der Waals surface area (Å²) >= 11 is 0. The summed E-state index contributed by atoms with van der Waals surface area (Å²) in [6, 6.07) is 0. The second kappa shape index (κ2) is 7.21. The first-order valence-electron chi connectivity index (χ1n) is 5.54. The van der Waals surface area contributed by atoms with Crippen molar-refractivity contribution >= 4 is 11.9 Å². The fraction of sp³-hybridized carbons (Fsp3) is 0.800. The quantitative estimate of drug-likeness (QED) is 0.582. The van der Waals surface area contributed by atoms with Crippen molar-refractivity contribution in [2.75, 3.05) is 52.5 Å². The summed E-state index contributed by atoms with van der Waals surface area (Å²) in [4.78, 5) is 24.7. The zero-order valence-electron chi connectivity index (χ0n) is 9.67. The highest BCUT2D eigenvalue weighted by Gasteiger charge is 2.16. The molecule has 0 amide bonds. The number of carbonyl (C=O) groups is 2. The lowest BCUT2D eigenvalue weighted by Crippen LogP contribution is -2.43. The molecule has 0 aromatic heterocycles. The molecule has 17 heavy (non-hydrogen) atoms. The molecular formula is C10H18N2O5. The van der Waals surface area contributed by atoms with E-state index in [1.165, 1.54) is 4.90 Å². The lowest BCUT2D eigenvalue weighted by molar-refractivity contribution is -0.141. The molecule has 0 spiro atoms. The number of rotatable bonds is 7. The highest BCUT2D eigenvalue weighted by atomic mass is 16.5. The van der Waals surface area contributed by atoms with Gasteiger partial charge >= 0.3 is 11.9 Å². The molecule has 7 nitrogen and oxygen atoms in total. The van der Waals surface area contributed by atoms with Crippen molar-refractivity contribution in [3.8, 4) is 0 Å². The van der Waals surface area contributed by atoms with Gasteiger partial charge < -0.3 is 14.9 Å². The summed E-state index contributed by atoms with van der Waals surface area (Å²) in [6.45, 7) is 3.62. The van der Waals surface area contributed by atoms with E-state index in [0.29, 0.717) is 26.3 Å². The first kappa shape index (κ1) is 13.9. The third kappa shape index (κ3) is 6.20. The second-order valence-electron chi connectivity index (χ2n) is 3.95. The molecule has 0 saturated carbocycles. The van der Waals surface area contributed by atoms with E-state index in [0.717, 1.165) is 13.1 Å². The van der Waals surface area contributed by atoms with Gasteiger partial charge in [0.1, 0.15) is 0 Å². The Morgan fingerprint density at radius 2 is 1.65 bits per heavy atom. The van der Waals surface area contributed by atoms with Crippen LogP contribution < -0.4 is 0 Å². The molecule has 0 unspecified atom stereocenters. The summed E-state index contributed by atoms with van der Waals surface area (Å²) in [5.74, 6) is -2.01. The summed E-state index contributed by atoms with van der Waals surface area (Å²) < 4.78 is 5.19. The van der Waals surface area contributed by atoms with Crippen LogP contribution in [0.4, 0.5) is 0 Å². The van der Waals surface area contributed by atoms with Gasteiger partial charge in [-0.15, -0.1) is 0 Å². The zero-order valence-corrected chi connectivity index (χ0v) is 9.67. The molecule has 0 aromatic rings. The van der Waals surface area contributed by atoms with Crippen LogP contribution in [0.25, 0.3) is 0 Å². The summed E-state index contributed by atoms with van der Waals surface area (Å²) in [7, 11) is 0. The lowest BCUT2D eigenvalue weighted by Gasteiger charge is -2.28. The van der Waals surface area contributed by atoms with Crippen LogP contribution >= 0.6 is 0 Å². The Hall–Kier alpha value is -1.18. The fourth-order valence-corrected chi connectivity index (χ4v) is 1.70. The SMILES string of the molecule is O=C(O)CN(CCN1CCOCC1)CC(=O)O. The van der Waals surface area contributed by atoms with E-state index in [9.17, 15) is 9.59 Å². The van der Waals surface area contributed by atoms with E-state index in [-0.39, 0.29) is 13.1 Å². The van der Waals surface area contributed by atoms with Crippen LogP contribution in [0.2, 0.25) is 0 Å². The maximum absolute atomic E-state index is 10.6. The van der Waals surface area contributed by atoms with Crippen molar-refractivity contribution < 1.29 is 24.5 Å². The van der Waals surface area contributed by atoms with Crippen molar-refractivity contribution in [2.24, 2.45) is 0 Å². The maximum Gasteiger partial charge on any atom is 0.317 e. The van der Waals surface area contributed by atoms with Crippen LogP contribution in [-0.4, -0.2) is 84.4 Å². The molecule has 0 radical (unpaired) electrons. The van der Waals surface area contributed by atoms with Crippen molar-refractivity contribution in [3.63, 3.8) is 0 Å². The first-order chi connectivity index (χ1) is 8.08. The molecule has 0 aromatic carbocycles. The number of aliphatic carboxylic acids is 2. The standard InChI is InChI=1S/C10H18N2O5/c13-9(14)7-12(8-10(15)16)2-1-11-3-5-17-6-4-11/h1-8H2,(H,13,14)(H,15,16). The Morgan fingerprint density at radius 1 is 1.12 bits per heavy atom. The normalized spacial score (nSPS) is 17.2. The Kier molecular flexibility index (Phi) is 5.88. The van der Waals surface area contributed by atoms with Gasteiger partial charge in [-0.3, -0.25) is 19.4 Å². The summed E-state index contributed by atoms with van der Waals surface area (Å²) in [6.07, 6.45) is 0. The van der Waals surface area contributed by atoms with E-state index >= 15 is 0 Å². The first-order valence-corrected chi connectivity index (χ1v) is 5.54. The molecule has 7 heteroatoms. The largest absolute Gasteiger partial charge is 0.480 e. The third-order valence-electron chi connectivity index (χ3n) is 2.55. The molecule has 1 heterocycles. The van der Waals surface area contributed by atoms with Crippen molar-refractivity contribution in [1.29, 1.82) is 0 Å². The number of morpholine rings is 1. The maximum atomic E-state index is 10.6. The number of carboxylic acid groups (broad SMARTS) is 2. The number of hydrogen-bond donors (Lipinski definition) is 2. The van der Waals surface area contributed by atoms with E-state index < -0.39 is 11.9 Å². The van der Waals surface area contributed by atoms with Crippen LogP contribution in [0.15, 0.2) is 0 Å². The highest BCUT2D eigenvalue weighted by Crippen LogP contribution is 1.97. The topological polar surface area (TPSA) is 90.3 Å². The smallest absolute Gasteiger partial charge is 0.317 e. The van der Waals surface area contributed by atoms with Gasteiger partial charge in [0, 0.05) is 26.2 Å². The van der Waals surface area contributed by atoms with Gasteiger partial charge in [-0.1, -0.05) is 0 Å². The minimum atomic E-state index is -1.01. The van der Waals surface area contributed by atoms with E-state index in [4.69, 9.17) is 14.9 Å². The summed E-state index contributed by atoms with van der Waals surface area (Å²) in [5.41, 5.74) is 0. The highest BCUT2D eigenvalue weighted by molar-refractivity contribution is 5.72. The van der Waals surface area contributed by atoms with E-state index in [2.05, 4.69) is 4.90 Å². The Morgan fingerprint density at radius 3 is 2.12 bits per heavy atom. The van der Waals surface area contributed by atoms with Gasteiger partial charge in [0.15, 0.2) is 0 Å². The molecule has 98 valence electrons. The molecule has 2 N–H and O–H groups in total. The van der Waals surface area contributed by atoms with Gasteiger partial charge in [0.2, 0.25) is 0 Å². The number of carboxylic acids is 2. The van der Waals surface area contributed by atoms with Crippen molar-refractivity contribution in [3.05, 3.63) is 0 Å². The third-order valence-corrected chi connectivity index (χ3v) is 2.55. The van der Waals surface area contributed by atoms with Crippen LogP contribution in [0, 0.1) is 0 Å².